The van der Waals surface area contributed by atoms with E-state index in [-0.39, 0.29) is 17.2 Å². The van der Waals surface area contributed by atoms with Gasteiger partial charge in [0, 0.05) is 57.4 Å². The molecule has 0 fully saturated rings. The number of carbonyl (C=O) groups excluding carboxylic acids is 2. The van der Waals surface area contributed by atoms with Crippen LogP contribution in [0.25, 0.3) is 32.6 Å². The summed E-state index contributed by atoms with van der Waals surface area (Å²) in [7, 11) is 0. The number of hydrogen-bond donors (Lipinski definition) is 0. The van der Waals surface area contributed by atoms with Crippen LogP contribution in [-0.4, -0.2) is 41.0 Å². The zero-order valence-electron chi connectivity index (χ0n) is 33.2. The number of unbranched alkanes of at least 4 members (excludes halogenated alkanes) is 1. The highest BCUT2D eigenvalue weighted by Gasteiger charge is 2.40. The van der Waals surface area contributed by atoms with Gasteiger partial charge in [-0.15, -0.1) is 0 Å². The summed E-state index contributed by atoms with van der Waals surface area (Å²) in [6.45, 7) is 11.6. The molecular weight excluding hydrogens is 733 g/mol. The molecule has 6 rings (SSSR count). The van der Waals surface area contributed by atoms with E-state index in [0.29, 0.717) is 28.2 Å². The molecule has 0 spiro atoms. The van der Waals surface area contributed by atoms with Crippen molar-refractivity contribution in [2.45, 2.75) is 92.5 Å². The molecule has 298 valence electrons. The summed E-state index contributed by atoms with van der Waals surface area (Å²) in [4.78, 5) is 32.0. The van der Waals surface area contributed by atoms with Crippen LogP contribution in [0.15, 0.2) is 90.1 Å². The van der Waals surface area contributed by atoms with Gasteiger partial charge in [-0.2, -0.15) is 0 Å². The number of ketones is 1. The van der Waals surface area contributed by atoms with Gasteiger partial charge in [-0.1, -0.05) is 98.4 Å². The first-order chi connectivity index (χ1) is 27.2. The molecule has 0 saturated heterocycles. The van der Waals surface area contributed by atoms with Gasteiger partial charge in [-0.05, 0) is 80.0 Å². The summed E-state index contributed by atoms with van der Waals surface area (Å²) in [5, 5.41) is 7.69. The Kier molecular flexibility index (Phi) is 12.5. The van der Waals surface area contributed by atoms with Crippen molar-refractivity contribution in [2.75, 3.05) is 6.61 Å². The average molecular weight is 781 g/mol. The van der Waals surface area contributed by atoms with Gasteiger partial charge >= 0.3 is 18.3 Å². The number of ether oxygens (including phenoxy) is 1. The van der Waals surface area contributed by atoms with E-state index in [9.17, 15) is 27.2 Å². The minimum absolute atomic E-state index is 0.0739. The molecule has 6 aromatic rings. The van der Waals surface area contributed by atoms with E-state index < -0.39 is 31.3 Å². The number of hydrogen-bond acceptors (Lipinski definition) is 5. The number of aromatic nitrogens is 1. The molecule has 57 heavy (non-hydrogen) atoms. The van der Waals surface area contributed by atoms with Crippen LogP contribution in [0.3, 0.4) is 0 Å². The van der Waals surface area contributed by atoms with Gasteiger partial charge in [0.2, 0.25) is 0 Å². The molecule has 1 heterocycles. The molecule has 0 saturated carbocycles. The zero-order chi connectivity index (χ0) is 41.0. The lowest BCUT2D eigenvalue weighted by Crippen LogP contribution is -2.28. The number of halogens is 4. The van der Waals surface area contributed by atoms with Crippen LogP contribution in [0.2, 0.25) is 0 Å². The second-order valence-corrected chi connectivity index (χ2v) is 14.9. The highest BCUT2D eigenvalue weighted by molar-refractivity contribution is 6.27. The fraction of sp³-hybridized carbons (Fsp3) is 0.340. The predicted octanol–water partition coefficient (Wildman–Crippen LogP) is 12.3. The fourth-order valence-corrected chi connectivity index (χ4v) is 7.90. The third-order valence-electron chi connectivity index (χ3n) is 10.7. The SMILES string of the molecule is CCCCC(CC)Cn1c2ccc(/C(=N\OC(C)=O)c3ccccc3OCCC(F)(F)C(F)F)cc2c2cc(C(=O)c3c(C)cc(C)cc3C)c3ccccc3c21. The zero-order valence-corrected chi connectivity index (χ0v) is 33.2. The van der Waals surface area contributed by atoms with Gasteiger partial charge in [-0.3, -0.25) is 4.79 Å². The Morgan fingerprint density at radius 1 is 0.825 bits per heavy atom. The summed E-state index contributed by atoms with van der Waals surface area (Å²) in [6, 6.07) is 26.2. The largest absolute Gasteiger partial charge is 0.493 e. The number of carbonyl (C=O) groups is 2. The van der Waals surface area contributed by atoms with Gasteiger partial charge in [0.15, 0.2) is 5.78 Å². The Hall–Kier alpha value is -5.51. The van der Waals surface area contributed by atoms with E-state index in [1.165, 1.54) is 13.0 Å². The number of aryl methyl sites for hydroxylation is 3. The Bertz CT molecular complexity index is 2460. The number of benzene rings is 5. The molecule has 1 unspecified atom stereocenters. The van der Waals surface area contributed by atoms with Crippen LogP contribution in [0.4, 0.5) is 17.6 Å². The van der Waals surface area contributed by atoms with E-state index >= 15 is 0 Å². The first kappa shape index (κ1) is 41.1. The topological polar surface area (TPSA) is 69.9 Å². The molecule has 5 aromatic carbocycles. The maximum atomic E-state index is 14.7. The van der Waals surface area contributed by atoms with Crippen molar-refractivity contribution in [1.82, 2.24) is 4.57 Å². The maximum absolute atomic E-state index is 14.7. The molecule has 0 N–H and O–H groups in total. The van der Waals surface area contributed by atoms with Crippen LogP contribution in [0.5, 0.6) is 5.75 Å². The monoisotopic (exact) mass is 780 g/mol. The Morgan fingerprint density at radius 2 is 1.51 bits per heavy atom. The first-order valence-corrected chi connectivity index (χ1v) is 19.5. The third kappa shape index (κ3) is 8.60. The number of alkyl halides is 4. The van der Waals surface area contributed by atoms with Crippen molar-refractivity contribution in [3.05, 3.63) is 124 Å². The second-order valence-electron chi connectivity index (χ2n) is 14.9. The van der Waals surface area contributed by atoms with Gasteiger partial charge < -0.3 is 14.1 Å². The van der Waals surface area contributed by atoms with E-state index in [1.807, 2.05) is 75.4 Å². The summed E-state index contributed by atoms with van der Waals surface area (Å²) < 4.78 is 61.5. The Labute approximate surface area is 330 Å². The van der Waals surface area contributed by atoms with Gasteiger partial charge in [0.25, 0.3) is 0 Å². The van der Waals surface area contributed by atoms with Crippen molar-refractivity contribution in [3.8, 4) is 5.75 Å². The Balaban J connectivity index is 1.60. The van der Waals surface area contributed by atoms with Crippen molar-refractivity contribution >= 4 is 50.0 Å². The maximum Gasteiger partial charge on any atom is 0.332 e. The van der Waals surface area contributed by atoms with E-state index in [4.69, 9.17) is 9.57 Å². The summed E-state index contributed by atoms with van der Waals surface area (Å²) in [5.41, 5.74) is 7.03. The molecule has 6 nitrogen and oxygen atoms in total. The van der Waals surface area contributed by atoms with Crippen molar-refractivity contribution in [1.29, 1.82) is 0 Å². The number of fused-ring (bicyclic) bond motifs is 5. The lowest BCUT2D eigenvalue weighted by molar-refractivity contribution is -0.140. The molecule has 0 aliphatic heterocycles. The minimum atomic E-state index is -4.22. The number of para-hydroxylation sites is 1. The Morgan fingerprint density at radius 3 is 2.18 bits per heavy atom. The van der Waals surface area contributed by atoms with E-state index in [0.717, 1.165) is 81.5 Å². The highest BCUT2D eigenvalue weighted by Crippen LogP contribution is 2.40. The number of rotatable bonds is 16. The molecule has 0 amide bonds. The normalized spacial score (nSPS) is 12.9. The summed E-state index contributed by atoms with van der Waals surface area (Å²) in [6.07, 6.45) is -0.794. The van der Waals surface area contributed by atoms with Gasteiger partial charge in [-0.25, -0.2) is 22.4 Å². The van der Waals surface area contributed by atoms with Crippen LogP contribution in [-0.2, 0) is 16.2 Å². The lowest BCUT2D eigenvalue weighted by Gasteiger charge is -2.19. The average Bonchev–Trinajstić information content (AvgIpc) is 3.48. The fourth-order valence-electron chi connectivity index (χ4n) is 7.90. The molecular formula is C47H48F4N2O4. The summed E-state index contributed by atoms with van der Waals surface area (Å²) in [5.74, 6) is -4.49. The van der Waals surface area contributed by atoms with Crippen molar-refractivity contribution in [3.63, 3.8) is 0 Å². The molecule has 1 aromatic heterocycles. The number of oxime groups is 1. The van der Waals surface area contributed by atoms with Crippen LogP contribution in [0, 0.1) is 26.7 Å². The van der Waals surface area contributed by atoms with Crippen LogP contribution >= 0.6 is 0 Å². The summed E-state index contributed by atoms with van der Waals surface area (Å²) >= 11 is 0. The van der Waals surface area contributed by atoms with Gasteiger partial charge in [0.1, 0.15) is 11.5 Å². The standard InChI is InChI=1S/C47H48F4N2O4/c1-7-9-14-32(8-2)27-53-40-20-19-33(43(52-57-31(6)54)36-17-12-13-18-41(36)56-22-21-47(50,51)46(48)49)25-37(40)38-26-39(34-15-10-11-16-35(34)44(38)53)45(55)42-29(4)23-28(3)24-30(42)5/h10-13,15-20,23-26,32,46H,7-9,14,21-22,27H2,1-6H3/b52-43+. The van der Waals surface area contributed by atoms with Crippen molar-refractivity contribution in [2.24, 2.45) is 11.1 Å². The van der Waals surface area contributed by atoms with E-state index in [2.05, 4.69) is 29.6 Å². The molecule has 1 atom stereocenters. The molecule has 0 aliphatic carbocycles. The van der Waals surface area contributed by atoms with Crippen LogP contribution < -0.4 is 4.74 Å². The first-order valence-electron chi connectivity index (χ1n) is 19.5. The quantitative estimate of drug-likeness (QED) is 0.0322. The smallest absolute Gasteiger partial charge is 0.332 e. The second kappa shape index (κ2) is 17.3. The van der Waals surface area contributed by atoms with E-state index in [1.54, 1.807) is 18.2 Å². The minimum Gasteiger partial charge on any atom is -0.493 e. The number of nitrogens with zero attached hydrogens (tertiary/aromatic N) is 2. The molecule has 10 heteroatoms. The van der Waals surface area contributed by atoms with Crippen molar-refractivity contribution < 1.29 is 36.7 Å². The highest BCUT2D eigenvalue weighted by atomic mass is 19.3. The lowest BCUT2D eigenvalue weighted by atomic mass is 9.89. The van der Waals surface area contributed by atoms with Gasteiger partial charge in [0.05, 0.1) is 18.5 Å². The van der Waals surface area contributed by atoms with Crippen LogP contribution in [0.1, 0.15) is 96.6 Å². The molecule has 0 radical (unpaired) electrons. The molecule has 0 aliphatic rings. The third-order valence-corrected chi connectivity index (χ3v) is 10.7. The predicted molar refractivity (Wildman–Crippen MR) is 219 cm³/mol. The molecule has 0 bridgehead atoms.